The summed E-state index contributed by atoms with van der Waals surface area (Å²) in [5.41, 5.74) is 0.570. The molecule has 1 saturated heterocycles. The second-order valence-corrected chi connectivity index (χ2v) is 6.11. The third-order valence-corrected chi connectivity index (χ3v) is 4.32. The number of carbonyl (C=O) groups excluding carboxylic acids is 3. The molecule has 1 N–H and O–H groups in total. The number of piperazine rings is 1. The van der Waals surface area contributed by atoms with Gasteiger partial charge in [-0.05, 0) is 24.3 Å². The van der Waals surface area contributed by atoms with Crippen molar-refractivity contribution in [2.75, 3.05) is 38.6 Å². The third kappa shape index (κ3) is 4.66. The van der Waals surface area contributed by atoms with Gasteiger partial charge >= 0.3 is 0 Å². The maximum atomic E-state index is 12.3. The molecule has 1 aromatic carbocycles. The van der Waals surface area contributed by atoms with Gasteiger partial charge in [0.25, 0.3) is 5.91 Å². The average molecular weight is 371 g/mol. The highest BCUT2D eigenvalue weighted by Gasteiger charge is 2.26. The van der Waals surface area contributed by atoms with Crippen molar-refractivity contribution in [3.8, 4) is 5.75 Å². The van der Waals surface area contributed by atoms with E-state index in [-0.39, 0.29) is 29.9 Å². The molecule has 3 amide bonds. The van der Waals surface area contributed by atoms with E-state index in [0.717, 1.165) is 0 Å². The van der Waals surface area contributed by atoms with Crippen molar-refractivity contribution in [3.63, 3.8) is 0 Å². The number of ether oxygens (including phenoxy) is 1. The van der Waals surface area contributed by atoms with Gasteiger partial charge in [0.15, 0.2) is 5.76 Å². The van der Waals surface area contributed by atoms with Crippen LogP contribution in [0.5, 0.6) is 5.75 Å². The van der Waals surface area contributed by atoms with Crippen LogP contribution >= 0.6 is 0 Å². The van der Waals surface area contributed by atoms with Gasteiger partial charge < -0.3 is 24.3 Å². The minimum atomic E-state index is -0.387. The summed E-state index contributed by atoms with van der Waals surface area (Å²) in [6, 6.07) is 10.2. The Bertz CT molecular complexity index is 811. The maximum absolute atomic E-state index is 12.3. The lowest BCUT2D eigenvalue weighted by molar-refractivity contribution is -0.135. The zero-order valence-electron chi connectivity index (χ0n) is 15.0. The maximum Gasteiger partial charge on any atom is 0.289 e. The van der Waals surface area contributed by atoms with Crippen LogP contribution in [-0.4, -0.2) is 60.8 Å². The van der Waals surface area contributed by atoms with Gasteiger partial charge in [0.2, 0.25) is 11.8 Å². The summed E-state index contributed by atoms with van der Waals surface area (Å²) in [6.45, 7) is 1.58. The van der Waals surface area contributed by atoms with Crippen LogP contribution in [0, 0.1) is 0 Å². The molecule has 0 spiro atoms. The molecule has 1 fully saturated rings. The largest absolute Gasteiger partial charge is 0.497 e. The molecule has 2 aromatic rings. The summed E-state index contributed by atoms with van der Waals surface area (Å²) in [7, 11) is 1.54. The summed E-state index contributed by atoms with van der Waals surface area (Å²) in [5.74, 6) is 0.0645. The van der Waals surface area contributed by atoms with Gasteiger partial charge in [-0.2, -0.15) is 0 Å². The summed E-state index contributed by atoms with van der Waals surface area (Å²) >= 11 is 0. The van der Waals surface area contributed by atoms with Gasteiger partial charge in [0.1, 0.15) is 12.2 Å². The van der Waals surface area contributed by atoms with Crippen molar-refractivity contribution in [2.45, 2.75) is 6.42 Å². The Morgan fingerprint density at radius 2 is 1.81 bits per heavy atom. The lowest BCUT2D eigenvalue weighted by Gasteiger charge is -2.34. The van der Waals surface area contributed by atoms with Gasteiger partial charge in [0.05, 0.1) is 13.4 Å². The first kappa shape index (κ1) is 18.5. The molecular formula is C19H21N3O5. The molecule has 0 atom stereocenters. The van der Waals surface area contributed by atoms with E-state index in [1.54, 1.807) is 53.3 Å². The number of benzene rings is 1. The Labute approximate surface area is 156 Å². The number of rotatable bonds is 5. The van der Waals surface area contributed by atoms with Crippen LogP contribution in [0.4, 0.5) is 5.69 Å². The van der Waals surface area contributed by atoms with E-state index in [1.807, 2.05) is 0 Å². The number of methoxy groups -OCH3 is 1. The number of carbonyl (C=O) groups is 3. The van der Waals surface area contributed by atoms with Crippen molar-refractivity contribution in [1.82, 2.24) is 9.80 Å². The molecule has 1 aromatic heterocycles. The lowest BCUT2D eigenvalue weighted by atomic mass is 10.2. The average Bonchev–Trinajstić information content (AvgIpc) is 3.22. The standard InChI is InChI=1S/C19H21N3O5/c1-26-15-5-2-4-14(12-15)20-17(23)13-18(24)21-7-9-22(10-8-21)19(25)16-6-3-11-27-16/h2-6,11-12H,7-10,13H2,1H3,(H,20,23). The van der Waals surface area contributed by atoms with Crippen molar-refractivity contribution in [2.24, 2.45) is 0 Å². The second-order valence-electron chi connectivity index (χ2n) is 6.11. The fourth-order valence-electron chi connectivity index (χ4n) is 2.87. The second kappa shape index (κ2) is 8.39. The molecule has 0 bridgehead atoms. The summed E-state index contributed by atoms with van der Waals surface area (Å²) in [5, 5.41) is 2.69. The van der Waals surface area contributed by atoms with Crippen LogP contribution in [0.3, 0.4) is 0 Å². The van der Waals surface area contributed by atoms with Crippen LogP contribution < -0.4 is 10.1 Å². The van der Waals surface area contributed by atoms with E-state index in [4.69, 9.17) is 9.15 Å². The Morgan fingerprint density at radius 3 is 2.48 bits per heavy atom. The summed E-state index contributed by atoms with van der Waals surface area (Å²) < 4.78 is 10.2. The molecule has 0 radical (unpaired) electrons. The highest BCUT2D eigenvalue weighted by molar-refractivity contribution is 6.03. The minimum Gasteiger partial charge on any atom is -0.497 e. The van der Waals surface area contributed by atoms with Crippen LogP contribution in [0.25, 0.3) is 0 Å². The quantitative estimate of drug-likeness (QED) is 0.806. The Hall–Kier alpha value is -3.29. The molecule has 1 aliphatic heterocycles. The lowest BCUT2D eigenvalue weighted by Crippen LogP contribution is -2.51. The fourth-order valence-corrected chi connectivity index (χ4v) is 2.87. The first-order valence-electron chi connectivity index (χ1n) is 8.61. The normalized spacial score (nSPS) is 14.0. The Morgan fingerprint density at radius 1 is 1.07 bits per heavy atom. The van der Waals surface area contributed by atoms with Crippen LogP contribution in [0.15, 0.2) is 47.1 Å². The number of amides is 3. The fraction of sp³-hybridized carbons (Fsp3) is 0.316. The van der Waals surface area contributed by atoms with Gasteiger partial charge in [-0.15, -0.1) is 0 Å². The third-order valence-electron chi connectivity index (χ3n) is 4.32. The van der Waals surface area contributed by atoms with E-state index in [1.165, 1.54) is 6.26 Å². The van der Waals surface area contributed by atoms with Crippen molar-refractivity contribution in [1.29, 1.82) is 0 Å². The smallest absolute Gasteiger partial charge is 0.289 e. The first-order valence-corrected chi connectivity index (χ1v) is 8.61. The van der Waals surface area contributed by atoms with Crippen molar-refractivity contribution >= 4 is 23.4 Å². The SMILES string of the molecule is COc1cccc(NC(=O)CC(=O)N2CCN(C(=O)c3ccco3)CC2)c1. The van der Waals surface area contributed by atoms with Crippen LogP contribution in [0.2, 0.25) is 0 Å². The predicted molar refractivity (Wildman–Crippen MR) is 97.4 cm³/mol. The monoisotopic (exact) mass is 371 g/mol. The first-order chi connectivity index (χ1) is 13.1. The van der Waals surface area contributed by atoms with Gasteiger partial charge in [-0.1, -0.05) is 6.07 Å². The van der Waals surface area contributed by atoms with E-state index in [9.17, 15) is 14.4 Å². The zero-order valence-corrected chi connectivity index (χ0v) is 15.0. The number of furan rings is 1. The highest BCUT2D eigenvalue weighted by atomic mass is 16.5. The molecule has 142 valence electrons. The molecule has 0 aliphatic carbocycles. The number of nitrogens with one attached hydrogen (secondary N) is 1. The van der Waals surface area contributed by atoms with Gasteiger partial charge in [-0.3, -0.25) is 14.4 Å². The molecule has 0 unspecified atom stereocenters. The van der Waals surface area contributed by atoms with E-state index < -0.39 is 0 Å². The molecular weight excluding hydrogens is 350 g/mol. The molecule has 3 rings (SSSR count). The van der Waals surface area contributed by atoms with Crippen molar-refractivity contribution < 1.29 is 23.5 Å². The number of hydrogen-bond donors (Lipinski definition) is 1. The topological polar surface area (TPSA) is 92.1 Å². The molecule has 8 heteroatoms. The van der Waals surface area contributed by atoms with E-state index in [2.05, 4.69) is 5.32 Å². The van der Waals surface area contributed by atoms with E-state index in [0.29, 0.717) is 37.6 Å². The number of nitrogens with zero attached hydrogens (tertiary/aromatic N) is 2. The molecule has 27 heavy (non-hydrogen) atoms. The summed E-state index contributed by atoms with van der Waals surface area (Å²) in [4.78, 5) is 39.9. The highest BCUT2D eigenvalue weighted by Crippen LogP contribution is 2.17. The van der Waals surface area contributed by atoms with E-state index >= 15 is 0 Å². The molecule has 1 aliphatic rings. The minimum absolute atomic E-state index is 0.192. The molecule has 2 heterocycles. The molecule has 8 nitrogen and oxygen atoms in total. The summed E-state index contributed by atoms with van der Waals surface area (Å²) in [6.07, 6.45) is 1.21. The van der Waals surface area contributed by atoms with Crippen LogP contribution in [0.1, 0.15) is 17.0 Å². The zero-order chi connectivity index (χ0) is 19.2. The van der Waals surface area contributed by atoms with Crippen molar-refractivity contribution in [3.05, 3.63) is 48.4 Å². The number of anilines is 1. The molecule has 0 saturated carbocycles. The Kier molecular flexibility index (Phi) is 5.75. The predicted octanol–water partition coefficient (Wildman–Crippen LogP) is 1.60. The van der Waals surface area contributed by atoms with Gasteiger partial charge in [0, 0.05) is 37.9 Å². The number of hydrogen-bond acceptors (Lipinski definition) is 5. The Balaban J connectivity index is 1.47. The van der Waals surface area contributed by atoms with Gasteiger partial charge in [-0.25, -0.2) is 0 Å². The van der Waals surface area contributed by atoms with Crippen LogP contribution in [-0.2, 0) is 9.59 Å².